The number of carbonyl (C=O) groups excluding carboxylic acids is 1. The molecule has 2 heterocycles. The van der Waals surface area contributed by atoms with E-state index >= 15 is 0 Å². The Bertz CT molecular complexity index is 1200. The summed E-state index contributed by atoms with van der Waals surface area (Å²) < 4.78 is 25.4. The van der Waals surface area contributed by atoms with Gasteiger partial charge < -0.3 is 23.3 Å². The number of carbonyl (C=O) groups is 1. The SMILES string of the molecule is CCOC(=O)c1c(Cl)c2cc(B3OC(C)(C)C(C)(C)O3)ccc2n1-c1ccc(OC(C)C)cc1. The van der Waals surface area contributed by atoms with Crippen molar-refractivity contribution in [2.24, 2.45) is 0 Å². The molecular formula is C26H31BClNO5. The number of benzene rings is 2. The van der Waals surface area contributed by atoms with Crippen LogP contribution in [0.1, 0.15) is 59.0 Å². The van der Waals surface area contributed by atoms with E-state index in [4.69, 9.17) is 30.4 Å². The van der Waals surface area contributed by atoms with E-state index in [-0.39, 0.29) is 18.4 Å². The van der Waals surface area contributed by atoms with Crippen LogP contribution in [0, 0.1) is 0 Å². The van der Waals surface area contributed by atoms with E-state index in [1.165, 1.54) is 0 Å². The van der Waals surface area contributed by atoms with Crippen LogP contribution in [0.5, 0.6) is 5.75 Å². The van der Waals surface area contributed by atoms with Gasteiger partial charge in [-0.3, -0.25) is 0 Å². The number of aromatic nitrogens is 1. The van der Waals surface area contributed by atoms with Gasteiger partial charge in [0.1, 0.15) is 5.75 Å². The molecular weight excluding hydrogens is 453 g/mol. The summed E-state index contributed by atoms with van der Waals surface area (Å²) in [6.45, 7) is 14.0. The monoisotopic (exact) mass is 483 g/mol. The lowest BCUT2D eigenvalue weighted by Crippen LogP contribution is -2.41. The molecule has 0 saturated carbocycles. The van der Waals surface area contributed by atoms with Crippen LogP contribution in [0.2, 0.25) is 5.02 Å². The zero-order valence-electron chi connectivity index (χ0n) is 20.8. The number of halogens is 1. The molecule has 1 aliphatic rings. The summed E-state index contributed by atoms with van der Waals surface area (Å²) >= 11 is 6.81. The highest BCUT2D eigenvalue weighted by Gasteiger charge is 2.51. The summed E-state index contributed by atoms with van der Waals surface area (Å²) in [7, 11) is -0.535. The van der Waals surface area contributed by atoms with Gasteiger partial charge in [-0.25, -0.2) is 4.79 Å². The van der Waals surface area contributed by atoms with E-state index in [1.54, 1.807) is 6.92 Å². The minimum atomic E-state index is -0.535. The number of hydrogen-bond acceptors (Lipinski definition) is 5. The third kappa shape index (κ3) is 4.33. The predicted octanol–water partition coefficient (Wildman–Crippen LogP) is 5.55. The number of nitrogens with zero attached hydrogens (tertiary/aromatic N) is 1. The van der Waals surface area contributed by atoms with Crippen molar-refractivity contribution in [3.8, 4) is 11.4 Å². The lowest BCUT2D eigenvalue weighted by Gasteiger charge is -2.32. The molecule has 3 aromatic rings. The third-order valence-electron chi connectivity index (χ3n) is 6.39. The fourth-order valence-electron chi connectivity index (χ4n) is 3.99. The lowest BCUT2D eigenvalue weighted by atomic mass is 9.78. The largest absolute Gasteiger partial charge is 0.494 e. The quantitative estimate of drug-likeness (QED) is 0.340. The molecule has 1 saturated heterocycles. The maximum atomic E-state index is 13.0. The molecule has 4 rings (SSSR count). The van der Waals surface area contributed by atoms with Crippen molar-refractivity contribution in [3.63, 3.8) is 0 Å². The molecule has 0 atom stereocenters. The molecule has 0 N–H and O–H groups in total. The van der Waals surface area contributed by atoms with Gasteiger partial charge in [0.15, 0.2) is 5.69 Å². The molecule has 6 nitrogen and oxygen atoms in total. The van der Waals surface area contributed by atoms with Gasteiger partial charge >= 0.3 is 13.1 Å². The first kappa shape index (κ1) is 24.6. The molecule has 0 aliphatic carbocycles. The van der Waals surface area contributed by atoms with Gasteiger partial charge in [-0.05, 0) is 84.3 Å². The number of ether oxygens (including phenoxy) is 2. The Hall–Kier alpha value is -2.48. The fraction of sp³-hybridized carbons (Fsp3) is 0.423. The molecule has 34 heavy (non-hydrogen) atoms. The Morgan fingerprint density at radius 2 is 1.68 bits per heavy atom. The van der Waals surface area contributed by atoms with Crippen molar-refractivity contribution in [2.75, 3.05) is 6.61 Å². The minimum absolute atomic E-state index is 0.0659. The molecule has 0 bridgehead atoms. The Morgan fingerprint density at radius 3 is 2.24 bits per heavy atom. The minimum Gasteiger partial charge on any atom is -0.491 e. The summed E-state index contributed by atoms with van der Waals surface area (Å²) in [6, 6.07) is 13.4. The van der Waals surface area contributed by atoms with Crippen LogP contribution in [0.4, 0.5) is 0 Å². The van der Waals surface area contributed by atoms with Crippen LogP contribution in [0.3, 0.4) is 0 Å². The van der Waals surface area contributed by atoms with Crippen molar-refractivity contribution in [1.82, 2.24) is 4.57 Å². The Kier molecular flexibility index (Phi) is 6.49. The lowest BCUT2D eigenvalue weighted by molar-refractivity contribution is 0.00578. The summed E-state index contributed by atoms with van der Waals surface area (Å²) in [4.78, 5) is 13.0. The summed E-state index contributed by atoms with van der Waals surface area (Å²) in [5.74, 6) is 0.269. The highest BCUT2D eigenvalue weighted by Crippen LogP contribution is 2.38. The fourth-order valence-corrected chi connectivity index (χ4v) is 4.30. The molecule has 0 spiro atoms. The van der Waals surface area contributed by atoms with Gasteiger partial charge in [-0.2, -0.15) is 0 Å². The Labute approximate surface area is 206 Å². The maximum absolute atomic E-state index is 13.0. The average Bonchev–Trinajstić information content (AvgIpc) is 3.17. The standard InChI is InChI=1S/C26H31BClNO5/c1-8-31-24(30)23-22(28)20-15-17(27-33-25(4,5)26(6,7)34-27)9-14-21(20)29(23)18-10-12-19(13-11-18)32-16(2)3/h9-16H,8H2,1-7H3. The predicted molar refractivity (Wildman–Crippen MR) is 136 cm³/mol. The number of hydrogen-bond donors (Lipinski definition) is 0. The molecule has 180 valence electrons. The van der Waals surface area contributed by atoms with Crippen molar-refractivity contribution >= 4 is 41.1 Å². The first-order valence-electron chi connectivity index (χ1n) is 11.6. The molecule has 2 aromatic carbocycles. The van der Waals surface area contributed by atoms with Crippen molar-refractivity contribution < 1.29 is 23.6 Å². The maximum Gasteiger partial charge on any atom is 0.494 e. The van der Waals surface area contributed by atoms with E-state index < -0.39 is 24.3 Å². The van der Waals surface area contributed by atoms with E-state index in [1.807, 2.05) is 88.6 Å². The number of esters is 1. The van der Waals surface area contributed by atoms with Crippen LogP contribution >= 0.6 is 11.6 Å². The highest BCUT2D eigenvalue weighted by molar-refractivity contribution is 6.62. The van der Waals surface area contributed by atoms with E-state index in [9.17, 15) is 4.79 Å². The summed E-state index contributed by atoms with van der Waals surface area (Å²) in [6.07, 6.45) is 0.0659. The second kappa shape index (κ2) is 8.95. The molecule has 1 fully saturated rings. The van der Waals surface area contributed by atoms with Crippen LogP contribution in [-0.2, 0) is 14.0 Å². The van der Waals surface area contributed by atoms with Crippen LogP contribution in [0.15, 0.2) is 42.5 Å². The second-order valence-corrected chi connectivity index (χ2v) is 10.1. The van der Waals surface area contributed by atoms with Gasteiger partial charge in [-0.15, -0.1) is 0 Å². The molecule has 0 radical (unpaired) electrons. The average molecular weight is 484 g/mol. The molecule has 1 aliphatic heterocycles. The molecule has 1 aromatic heterocycles. The van der Waals surface area contributed by atoms with Crippen LogP contribution < -0.4 is 10.2 Å². The van der Waals surface area contributed by atoms with E-state index in [0.29, 0.717) is 5.02 Å². The smallest absolute Gasteiger partial charge is 0.491 e. The highest BCUT2D eigenvalue weighted by atomic mass is 35.5. The van der Waals surface area contributed by atoms with Crippen LogP contribution in [-0.4, -0.2) is 41.6 Å². The Balaban J connectivity index is 1.83. The van der Waals surface area contributed by atoms with E-state index in [2.05, 4.69) is 0 Å². The van der Waals surface area contributed by atoms with Gasteiger partial charge in [0.2, 0.25) is 0 Å². The third-order valence-corrected chi connectivity index (χ3v) is 6.77. The number of rotatable bonds is 6. The zero-order valence-corrected chi connectivity index (χ0v) is 21.5. The first-order chi connectivity index (χ1) is 15.9. The van der Waals surface area contributed by atoms with Crippen molar-refractivity contribution in [3.05, 3.63) is 53.2 Å². The summed E-state index contributed by atoms with van der Waals surface area (Å²) in [5, 5.41) is 1.05. The zero-order chi connectivity index (χ0) is 24.8. The summed E-state index contributed by atoms with van der Waals surface area (Å²) in [5.41, 5.74) is 1.75. The first-order valence-corrected chi connectivity index (χ1v) is 12.0. The molecule has 0 unspecified atom stereocenters. The Morgan fingerprint density at radius 1 is 1.06 bits per heavy atom. The van der Waals surface area contributed by atoms with Crippen LogP contribution in [0.25, 0.3) is 16.6 Å². The van der Waals surface area contributed by atoms with Gasteiger partial charge in [0.25, 0.3) is 0 Å². The van der Waals surface area contributed by atoms with E-state index in [0.717, 1.165) is 27.8 Å². The van der Waals surface area contributed by atoms with Gasteiger partial charge in [-0.1, -0.05) is 23.7 Å². The van der Waals surface area contributed by atoms with Gasteiger partial charge in [0, 0.05) is 11.1 Å². The second-order valence-electron chi connectivity index (χ2n) is 9.74. The van der Waals surface area contributed by atoms with Crippen molar-refractivity contribution in [1.29, 1.82) is 0 Å². The van der Waals surface area contributed by atoms with Gasteiger partial charge in [0.05, 0.1) is 34.5 Å². The molecule has 0 amide bonds. The topological polar surface area (TPSA) is 58.9 Å². The normalized spacial score (nSPS) is 16.9. The molecule has 8 heteroatoms. The number of fused-ring (bicyclic) bond motifs is 1. The van der Waals surface area contributed by atoms with Crippen molar-refractivity contribution in [2.45, 2.75) is 65.8 Å².